The summed E-state index contributed by atoms with van der Waals surface area (Å²) >= 11 is 0. The normalized spacial score (nSPS) is 28.4. The van der Waals surface area contributed by atoms with Crippen LogP contribution in [0, 0.1) is 0 Å². The van der Waals surface area contributed by atoms with Crippen molar-refractivity contribution in [2.45, 2.75) is 75.0 Å². The van der Waals surface area contributed by atoms with Crippen LogP contribution in [0.2, 0.25) is 0 Å². The predicted octanol–water partition coefficient (Wildman–Crippen LogP) is 3.37. The number of hydrogen-bond acceptors (Lipinski definition) is 6. The fourth-order valence-corrected chi connectivity index (χ4v) is 3.03. The van der Waals surface area contributed by atoms with Gasteiger partial charge in [0.15, 0.2) is 6.10 Å². The Labute approximate surface area is 160 Å². The molecule has 13 heteroatoms. The van der Waals surface area contributed by atoms with Crippen molar-refractivity contribution < 1.29 is 59.3 Å². The van der Waals surface area contributed by atoms with Gasteiger partial charge in [-0.3, -0.25) is 0 Å². The molecule has 3 unspecified atom stereocenters. The highest BCUT2D eigenvalue weighted by Crippen LogP contribution is 2.41. The van der Waals surface area contributed by atoms with Crippen LogP contribution in [0.25, 0.3) is 0 Å². The monoisotopic (exact) mass is 440 g/mol. The molecule has 2 fully saturated rings. The molecule has 29 heavy (non-hydrogen) atoms. The van der Waals surface area contributed by atoms with Crippen LogP contribution in [-0.4, -0.2) is 61.2 Å². The Morgan fingerprint density at radius 3 is 2.31 bits per heavy atom. The van der Waals surface area contributed by atoms with Crippen molar-refractivity contribution in [3.05, 3.63) is 0 Å². The van der Waals surface area contributed by atoms with Crippen LogP contribution in [0.1, 0.15) is 39.0 Å². The van der Waals surface area contributed by atoms with Crippen molar-refractivity contribution >= 4 is 11.9 Å². The van der Waals surface area contributed by atoms with E-state index < -0.39 is 61.0 Å². The van der Waals surface area contributed by atoms with E-state index >= 15 is 0 Å². The summed E-state index contributed by atoms with van der Waals surface area (Å²) in [5.41, 5.74) is 0. The topological polar surface area (TPSA) is 71.1 Å². The summed E-state index contributed by atoms with van der Waals surface area (Å²) < 4.78 is 109. The first-order chi connectivity index (χ1) is 13.1. The lowest BCUT2D eigenvalue weighted by Gasteiger charge is -2.39. The number of carbonyl (C=O) groups is 2. The van der Waals surface area contributed by atoms with Crippen LogP contribution in [0.4, 0.5) is 30.7 Å². The molecular formula is C16H19F7O6. The number of rotatable bonds is 6. The molecule has 0 amide bonds. The summed E-state index contributed by atoms with van der Waals surface area (Å²) in [4.78, 5) is 22.7. The lowest BCUT2D eigenvalue weighted by molar-refractivity contribution is -0.260. The van der Waals surface area contributed by atoms with Crippen LogP contribution in [0.3, 0.4) is 0 Å². The van der Waals surface area contributed by atoms with Gasteiger partial charge in [0.25, 0.3) is 0 Å². The molecule has 0 aromatic carbocycles. The minimum atomic E-state index is -5.28. The van der Waals surface area contributed by atoms with E-state index in [0.717, 1.165) is 0 Å². The van der Waals surface area contributed by atoms with Gasteiger partial charge < -0.3 is 18.9 Å². The van der Waals surface area contributed by atoms with E-state index in [9.17, 15) is 40.3 Å². The smallest absolute Gasteiger partial charge is 0.395 e. The highest BCUT2D eigenvalue weighted by atomic mass is 19.4. The second-order valence-electron chi connectivity index (χ2n) is 6.99. The molecule has 0 radical (unpaired) electrons. The van der Waals surface area contributed by atoms with Crippen molar-refractivity contribution in [3.8, 4) is 0 Å². The van der Waals surface area contributed by atoms with E-state index in [1.165, 1.54) is 0 Å². The maximum atomic E-state index is 13.3. The Balaban J connectivity index is 1.95. The third-order valence-electron chi connectivity index (χ3n) is 4.34. The second-order valence-corrected chi connectivity index (χ2v) is 6.99. The molecule has 0 aromatic heterocycles. The van der Waals surface area contributed by atoms with Gasteiger partial charge in [-0.05, 0) is 19.3 Å². The zero-order valence-corrected chi connectivity index (χ0v) is 15.2. The van der Waals surface area contributed by atoms with Gasteiger partial charge in [0.2, 0.25) is 5.79 Å². The van der Waals surface area contributed by atoms with E-state index in [1.807, 2.05) is 0 Å². The number of carbonyl (C=O) groups excluding carboxylic acids is 2. The highest BCUT2D eigenvalue weighted by molar-refractivity contribution is 5.77. The molecule has 6 nitrogen and oxygen atoms in total. The average molecular weight is 440 g/mol. The predicted molar refractivity (Wildman–Crippen MR) is 79.1 cm³/mol. The van der Waals surface area contributed by atoms with Crippen molar-refractivity contribution in [2.75, 3.05) is 13.2 Å². The largest absolute Gasteiger partial charge is 0.458 e. The zero-order valence-electron chi connectivity index (χ0n) is 15.2. The van der Waals surface area contributed by atoms with Gasteiger partial charge in [0, 0.05) is 13.3 Å². The number of esters is 2. The Morgan fingerprint density at radius 1 is 1.07 bits per heavy atom. The molecule has 1 spiro atoms. The molecule has 1 saturated carbocycles. The standard InChI is InChI=1S/C16H19F7O6/c1-13(17,18)11(24)28-10-4-2-3-5-15(10)27-7-9(29-15)6-26-12(25)14(19,20)8-16(21,22)23/h9-10H,2-8H2,1H3. The molecule has 1 heterocycles. The molecule has 0 N–H and O–H groups in total. The number of alkyl halides is 7. The third-order valence-corrected chi connectivity index (χ3v) is 4.34. The van der Waals surface area contributed by atoms with Crippen molar-refractivity contribution in [1.29, 1.82) is 0 Å². The van der Waals surface area contributed by atoms with Crippen LogP contribution in [0.15, 0.2) is 0 Å². The van der Waals surface area contributed by atoms with E-state index in [4.69, 9.17) is 14.2 Å². The maximum Gasteiger partial charge on any atom is 0.395 e. The quantitative estimate of drug-likeness (QED) is 0.466. The molecule has 1 aliphatic heterocycles. The summed E-state index contributed by atoms with van der Waals surface area (Å²) in [6, 6.07) is 0. The van der Waals surface area contributed by atoms with Gasteiger partial charge >= 0.3 is 30.0 Å². The van der Waals surface area contributed by atoms with Crippen molar-refractivity contribution in [1.82, 2.24) is 0 Å². The Morgan fingerprint density at radius 2 is 1.72 bits per heavy atom. The molecular weight excluding hydrogens is 421 g/mol. The van der Waals surface area contributed by atoms with Gasteiger partial charge in [-0.2, -0.15) is 30.7 Å². The van der Waals surface area contributed by atoms with Crippen molar-refractivity contribution in [2.24, 2.45) is 0 Å². The number of ether oxygens (including phenoxy) is 4. The van der Waals surface area contributed by atoms with Gasteiger partial charge in [-0.15, -0.1) is 0 Å². The van der Waals surface area contributed by atoms with Crippen LogP contribution in [0.5, 0.6) is 0 Å². The van der Waals surface area contributed by atoms with Gasteiger partial charge in [-0.25, -0.2) is 9.59 Å². The minimum absolute atomic E-state index is 0.134. The van der Waals surface area contributed by atoms with E-state index in [-0.39, 0.29) is 19.4 Å². The minimum Gasteiger partial charge on any atom is -0.458 e. The Bertz CT molecular complexity index is 618. The van der Waals surface area contributed by atoms with Crippen LogP contribution < -0.4 is 0 Å². The zero-order chi connectivity index (χ0) is 22.1. The van der Waals surface area contributed by atoms with Gasteiger partial charge in [0.05, 0.1) is 6.61 Å². The molecule has 2 rings (SSSR count). The van der Waals surface area contributed by atoms with Gasteiger partial charge in [0.1, 0.15) is 19.1 Å². The molecule has 1 saturated heterocycles. The fraction of sp³-hybridized carbons (Fsp3) is 0.875. The average Bonchev–Trinajstić information content (AvgIpc) is 2.95. The third kappa shape index (κ3) is 6.17. The fourth-order valence-electron chi connectivity index (χ4n) is 3.03. The lowest BCUT2D eigenvalue weighted by Crippen LogP contribution is -2.50. The Kier molecular flexibility index (Phi) is 6.72. The van der Waals surface area contributed by atoms with E-state index in [2.05, 4.69) is 4.74 Å². The summed E-state index contributed by atoms with van der Waals surface area (Å²) in [7, 11) is 0. The first kappa shape index (κ1) is 23.6. The summed E-state index contributed by atoms with van der Waals surface area (Å²) in [5.74, 6) is -14.3. The SMILES string of the molecule is CC(F)(F)C(=O)OC1CCCCC12OCC(COC(=O)C(F)(F)CC(F)(F)F)O2. The molecule has 1 aliphatic carbocycles. The lowest BCUT2D eigenvalue weighted by atomic mass is 9.91. The molecule has 3 atom stereocenters. The second kappa shape index (κ2) is 8.25. The first-order valence-electron chi connectivity index (χ1n) is 8.67. The van der Waals surface area contributed by atoms with E-state index in [1.54, 1.807) is 0 Å². The van der Waals surface area contributed by atoms with Crippen molar-refractivity contribution in [3.63, 3.8) is 0 Å². The maximum absolute atomic E-state index is 13.3. The Hall–Kier alpha value is -1.63. The highest BCUT2D eigenvalue weighted by Gasteiger charge is 2.54. The van der Waals surface area contributed by atoms with Gasteiger partial charge in [-0.1, -0.05) is 0 Å². The molecule has 0 bridgehead atoms. The van der Waals surface area contributed by atoms with E-state index in [0.29, 0.717) is 19.8 Å². The van der Waals surface area contributed by atoms with Crippen LogP contribution >= 0.6 is 0 Å². The summed E-state index contributed by atoms with van der Waals surface area (Å²) in [6.45, 7) is -0.822. The first-order valence-corrected chi connectivity index (χ1v) is 8.67. The van der Waals surface area contributed by atoms with Crippen LogP contribution in [-0.2, 0) is 28.5 Å². The number of halogens is 7. The summed E-state index contributed by atoms with van der Waals surface area (Å²) in [6.07, 6.45) is -9.00. The molecule has 2 aliphatic rings. The molecule has 168 valence electrons. The summed E-state index contributed by atoms with van der Waals surface area (Å²) in [5, 5.41) is 0. The molecule has 0 aromatic rings. The number of hydrogen-bond donors (Lipinski definition) is 0.